The molecule has 2 aromatic carbocycles. The molecule has 0 unspecified atom stereocenters. The first-order valence-corrected chi connectivity index (χ1v) is 8.37. The van der Waals surface area contributed by atoms with Crippen molar-refractivity contribution in [2.75, 3.05) is 0 Å². The van der Waals surface area contributed by atoms with Gasteiger partial charge in [0.1, 0.15) is 5.82 Å². The molecule has 7 nitrogen and oxygen atoms in total. The van der Waals surface area contributed by atoms with Crippen LogP contribution < -0.4 is 5.32 Å². The number of non-ortho nitro benzene ring substituents is 1. The zero-order valence-corrected chi connectivity index (χ0v) is 13.7. The van der Waals surface area contributed by atoms with Gasteiger partial charge in [0.25, 0.3) is 11.6 Å². The van der Waals surface area contributed by atoms with Gasteiger partial charge in [0.15, 0.2) is 0 Å². The van der Waals surface area contributed by atoms with E-state index in [1.807, 2.05) is 29.6 Å². The molecule has 0 fully saturated rings. The van der Waals surface area contributed by atoms with E-state index >= 15 is 0 Å². The molecule has 2 aromatic heterocycles. The largest absolute Gasteiger partial charge is 0.345 e. The van der Waals surface area contributed by atoms with Crippen LogP contribution in [0.4, 0.5) is 5.69 Å². The van der Waals surface area contributed by atoms with E-state index in [2.05, 4.69) is 15.3 Å². The third kappa shape index (κ3) is 2.83. The zero-order chi connectivity index (χ0) is 17.4. The Morgan fingerprint density at radius 3 is 2.96 bits per heavy atom. The maximum atomic E-state index is 12.4. The fourth-order valence-corrected chi connectivity index (χ4v) is 3.60. The maximum absolute atomic E-state index is 12.4. The smallest absolute Gasteiger partial charge is 0.271 e. The molecule has 0 radical (unpaired) electrons. The minimum atomic E-state index is -0.455. The number of hydrogen-bond acceptors (Lipinski definition) is 5. The number of nitrogens with zero attached hydrogens (tertiary/aromatic N) is 2. The van der Waals surface area contributed by atoms with Gasteiger partial charge in [-0.2, -0.15) is 0 Å². The Labute approximate surface area is 145 Å². The van der Waals surface area contributed by atoms with Gasteiger partial charge in [-0.15, -0.1) is 11.3 Å². The first kappa shape index (κ1) is 15.3. The molecule has 8 heteroatoms. The average molecular weight is 352 g/mol. The van der Waals surface area contributed by atoms with Gasteiger partial charge in [0, 0.05) is 27.6 Å². The number of carbonyl (C=O) groups excluding carboxylic acids is 1. The van der Waals surface area contributed by atoms with Gasteiger partial charge < -0.3 is 10.3 Å². The molecule has 0 bridgehead atoms. The van der Waals surface area contributed by atoms with E-state index in [1.54, 1.807) is 6.07 Å². The molecule has 0 aliphatic heterocycles. The molecule has 124 valence electrons. The van der Waals surface area contributed by atoms with E-state index in [1.165, 1.54) is 23.5 Å². The quantitative estimate of drug-likeness (QED) is 0.433. The highest BCUT2D eigenvalue weighted by Crippen LogP contribution is 2.25. The molecule has 1 amide bonds. The Balaban J connectivity index is 1.53. The summed E-state index contributed by atoms with van der Waals surface area (Å²) in [5.41, 5.74) is 1.82. The molecule has 25 heavy (non-hydrogen) atoms. The van der Waals surface area contributed by atoms with Crippen LogP contribution in [-0.2, 0) is 6.54 Å². The van der Waals surface area contributed by atoms with E-state index in [4.69, 9.17) is 0 Å². The molecule has 0 aliphatic carbocycles. The van der Waals surface area contributed by atoms with Gasteiger partial charge in [0.2, 0.25) is 0 Å². The monoisotopic (exact) mass is 352 g/mol. The molecular weight excluding hydrogens is 340 g/mol. The molecule has 0 atom stereocenters. The highest BCUT2D eigenvalue weighted by molar-refractivity contribution is 7.17. The number of thiophene rings is 1. The normalized spacial score (nSPS) is 11.0. The van der Waals surface area contributed by atoms with Crippen molar-refractivity contribution in [2.24, 2.45) is 0 Å². The lowest BCUT2D eigenvalue weighted by atomic mass is 10.1. The summed E-state index contributed by atoms with van der Waals surface area (Å²) in [5, 5.41) is 16.4. The van der Waals surface area contributed by atoms with Gasteiger partial charge in [-0.25, -0.2) is 4.98 Å². The number of aromatic nitrogens is 2. The number of nitrogens with one attached hydrogen (secondary N) is 2. The summed E-state index contributed by atoms with van der Waals surface area (Å²) in [5.74, 6) is 0.368. The van der Waals surface area contributed by atoms with Gasteiger partial charge in [-0.05, 0) is 12.1 Å². The molecule has 2 N–H and O–H groups in total. The second-order valence-electron chi connectivity index (χ2n) is 5.47. The average Bonchev–Trinajstić information content (AvgIpc) is 3.22. The van der Waals surface area contributed by atoms with Crippen LogP contribution in [0.25, 0.3) is 21.1 Å². The number of amides is 1. The Morgan fingerprint density at radius 1 is 1.28 bits per heavy atom. The number of carbonyl (C=O) groups is 1. The van der Waals surface area contributed by atoms with E-state index in [9.17, 15) is 14.9 Å². The molecule has 4 aromatic rings. The predicted molar refractivity (Wildman–Crippen MR) is 95.7 cm³/mol. The zero-order valence-electron chi connectivity index (χ0n) is 12.9. The van der Waals surface area contributed by atoms with E-state index in [0.717, 1.165) is 10.1 Å². The topological polar surface area (TPSA) is 101 Å². The number of nitro benzene ring substituents is 1. The Hall–Kier alpha value is -3.26. The SMILES string of the molecule is O=C(NCc1nc2ccc([N+](=O)[O-])cc2[nH]1)c1csc2ccccc12. The van der Waals surface area contributed by atoms with Crippen LogP contribution in [0.2, 0.25) is 0 Å². The van der Waals surface area contributed by atoms with Gasteiger partial charge >= 0.3 is 0 Å². The summed E-state index contributed by atoms with van der Waals surface area (Å²) < 4.78 is 1.06. The van der Waals surface area contributed by atoms with Crippen LogP contribution in [0.5, 0.6) is 0 Å². The van der Waals surface area contributed by atoms with Crippen molar-refractivity contribution in [3.63, 3.8) is 0 Å². The van der Waals surface area contributed by atoms with Crippen molar-refractivity contribution < 1.29 is 9.72 Å². The summed E-state index contributed by atoms with van der Waals surface area (Å²) in [6.07, 6.45) is 0. The van der Waals surface area contributed by atoms with Crippen LogP contribution in [0.15, 0.2) is 47.8 Å². The number of rotatable bonds is 4. The Kier molecular flexibility index (Phi) is 3.66. The number of H-pyrrole nitrogens is 1. The number of nitro groups is 1. The molecule has 2 heterocycles. The van der Waals surface area contributed by atoms with Crippen LogP contribution in [0.1, 0.15) is 16.2 Å². The van der Waals surface area contributed by atoms with Gasteiger partial charge in [0.05, 0.1) is 28.1 Å². The highest BCUT2D eigenvalue weighted by atomic mass is 32.1. The lowest BCUT2D eigenvalue weighted by Gasteiger charge is -2.02. The number of fused-ring (bicyclic) bond motifs is 2. The van der Waals surface area contributed by atoms with Crippen molar-refractivity contribution >= 4 is 44.1 Å². The molecule has 4 rings (SSSR count). The summed E-state index contributed by atoms with van der Waals surface area (Å²) in [6, 6.07) is 12.2. The van der Waals surface area contributed by atoms with Crippen molar-refractivity contribution in [1.82, 2.24) is 15.3 Å². The summed E-state index contributed by atoms with van der Waals surface area (Å²) in [6.45, 7) is 0.214. The predicted octanol–water partition coefficient (Wildman–Crippen LogP) is 3.62. The number of hydrogen-bond donors (Lipinski definition) is 2. The first-order chi connectivity index (χ1) is 12.1. The van der Waals surface area contributed by atoms with Crippen LogP contribution in [0, 0.1) is 10.1 Å². The molecule has 0 spiro atoms. The Bertz CT molecular complexity index is 1120. The lowest BCUT2D eigenvalue weighted by Crippen LogP contribution is -2.23. The Morgan fingerprint density at radius 2 is 2.12 bits per heavy atom. The summed E-state index contributed by atoms with van der Waals surface area (Å²) >= 11 is 1.52. The van der Waals surface area contributed by atoms with Crippen LogP contribution in [0.3, 0.4) is 0 Å². The minimum absolute atomic E-state index is 0.00326. The second-order valence-corrected chi connectivity index (χ2v) is 6.38. The first-order valence-electron chi connectivity index (χ1n) is 7.49. The standard InChI is InChI=1S/C17H12N4O3S/c22-17(12-9-25-15-4-2-1-3-11(12)15)18-8-16-19-13-6-5-10(21(23)24)7-14(13)20-16/h1-7,9H,8H2,(H,18,22)(H,19,20). The molecule has 0 saturated carbocycles. The van der Waals surface area contributed by atoms with Crippen molar-refractivity contribution in [1.29, 1.82) is 0 Å². The lowest BCUT2D eigenvalue weighted by molar-refractivity contribution is -0.384. The van der Waals surface area contributed by atoms with E-state index in [0.29, 0.717) is 22.4 Å². The van der Waals surface area contributed by atoms with Gasteiger partial charge in [-0.1, -0.05) is 18.2 Å². The van der Waals surface area contributed by atoms with E-state index in [-0.39, 0.29) is 18.1 Å². The fourth-order valence-electron chi connectivity index (χ4n) is 2.66. The van der Waals surface area contributed by atoms with Gasteiger partial charge in [-0.3, -0.25) is 14.9 Å². The number of aromatic amines is 1. The number of benzene rings is 2. The third-order valence-electron chi connectivity index (χ3n) is 3.87. The molecule has 0 aliphatic rings. The van der Waals surface area contributed by atoms with Crippen molar-refractivity contribution in [3.05, 3.63) is 69.3 Å². The van der Waals surface area contributed by atoms with Crippen LogP contribution >= 0.6 is 11.3 Å². The molecule has 0 saturated heterocycles. The second kappa shape index (κ2) is 5.99. The molecular formula is C17H12N4O3S. The maximum Gasteiger partial charge on any atom is 0.271 e. The summed E-state index contributed by atoms with van der Waals surface area (Å²) in [7, 11) is 0. The van der Waals surface area contributed by atoms with Crippen LogP contribution in [-0.4, -0.2) is 20.8 Å². The van der Waals surface area contributed by atoms with Crippen molar-refractivity contribution in [3.8, 4) is 0 Å². The fraction of sp³-hybridized carbons (Fsp3) is 0.0588. The van der Waals surface area contributed by atoms with E-state index < -0.39 is 4.92 Å². The highest BCUT2D eigenvalue weighted by Gasteiger charge is 2.13. The third-order valence-corrected chi connectivity index (χ3v) is 4.83. The minimum Gasteiger partial charge on any atom is -0.345 e. The van der Waals surface area contributed by atoms with Crippen molar-refractivity contribution in [2.45, 2.75) is 6.54 Å². The summed E-state index contributed by atoms with van der Waals surface area (Å²) in [4.78, 5) is 30.1. The number of imidazole rings is 1.